The number of carboxylic acid groups (broad SMARTS) is 2. The van der Waals surface area contributed by atoms with Gasteiger partial charge in [0, 0.05) is 23.2 Å². The Bertz CT molecular complexity index is 1560. The normalized spacial score (nSPS) is 11.7. The summed E-state index contributed by atoms with van der Waals surface area (Å²) in [5.74, 6) is -2.21. The molecular formula is C31H28Cl2N2O6. The van der Waals surface area contributed by atoms with Crippen LogP contribution in [0.15, 0.2) is 84.9 Å². The van der Waals surface area contributed by atoms with E-state index in [1.165, 1.54) is 12.1 Å². The van der Waals surface area contributed by atoms with E-state index in [-0.39, 0.29) is 23.0 Å². The highest BCUT2D eigenvalue weighted by Crippen LogP contribution is 2.28. The number of amides is 2. The van der Waals surface area contributed by atoms with Crippen molar-refractivity contribution in [2.24, 2.45) is 5.92 Å². The van der Waals surface area contributed by atoms with Crippen LogP contribution in [0.25, 0.3) is 10.8 Å². The minimum absolute atomic E-state index is 0.0137. The highest BCUT2D eigenvalue weighted by atomic mass is 35.5. The van der Waals surface area contributed by atoms with Gasteiger partial charge >= 0.3 is 11.9 Å². The Morgan fingerprint density at radius 3 is 2.00 bits per heavy atom. The van der Waals surface area contributed by atoms with Crippen LogP contribution in [-0.2, 0) is 9.59 Å². The van der Waals surface area contributed by atoms with Crippen LogP contribution in [0.1, 0.15) is 46.9 Å². The quantitative estimate of drug-likeness (QED) is 0.181. The van der Waals surface area contributed by atoms with E-state index in [4.69, 9.17) is 28.3 Å². The Morgan fingerprint density at radius 1 is 0.780 bits per heavy atom. The van der Waals surface area contributed by atoms with E-state index in [9.17, 15) is 24.3 Å². The van der Waals surface area contributed by atoms with Gasteiger partial charge in [-0.15, -0.1) is 0 Å². The second kappa shape index (κ2) is 14.8. The number of anilines is 2. The second-order valence-corrected chi connectivity index (χ2v) is 9.79. The Balaban J connectivity index is 0.000000204. The third-order valence-electron chi connectivity index (χ3n) is 5.89. The summed E-state index contributed by atoms with van der Waals surface area (Å²) in [6.45, 7) is 1.78. The number of halogens is 2. The van der Waals surface area contributed by atoms with Crippen LogP contribution >= 0.6 is 23.2 Å². The van der Waals surface area contributed by atoms with Crippen LogP contribution in [0.3, 0.4) is 0 Å². The van der Waals surface area contributed by atoms with Gasteiger partial charge in [0.2, 0.25) is 5.91 Å². The predicted molar refractivity (Wildman–Crippen MR) is 161 cm³/mol. The molecule has 4 N–H and O–H groups in total. The lowest BCUT2D eigenvalue weighted by molar-refractivity contribution is -0.138. The molecule has 4 aromatic carbocycles. The molecule has 2 amide bonds. The lowest BCUT2D eigenvalue weighted by Crippen LogP contribution is -2.16. The van der Waals surface area contributed by atoms with Crippen molar-refractivity contribution < 1.29 is 29.4 Å². The van der Waals surface area contributed by atoms with E-state index >= 15 is 0 Å². The number of aliphatic carboxylic acids is 1. The van der Waals surface area contributed by atoms with Gasteiger partial charge in [-0.1, -0.05) is 78.7 Å². The van der Waals surface area contributed by atoms with E-state index in [1.807, 2.05) is 36.4 Å². The second-order valence-electron chi connectivity index (χ2n) is 8.97. The number of hydrogen-bond donors (Lipinski definition) is 4. The third-order valence-corrected chi connectivity index (χ3v) is 6.63. The van der Waals surface area contributed by atoms with Gasteiger partial charge in [0.1, 0.15) is 0 Å². The number of carbonyl (C=O) groups is 4. The van der Waals surface area contributed by atoms with E-state index in [2.05, 4.69) is 10.6 Å². The molecule has 10 heteroatoms. The Kier molecular flexibility index (Phi) is 11.3. The summed E-state index contributed by atoms with van der Waals surface area (Å²) in [6.07, 6.45) is 2.24. The van der Waals surface area contributed by atoms with Crippen LogP contribution in [0, 0.1) is 5.92 Å². The first-order chi connectivity index (χ1) is 19.6. The standard InChI is InChI=1S/C18H13NO3.C9H9Cl2NO.C4H6O2/c20-17(14-9-3-4-10-15(14)18(21)22)19-16-11-5-7-12-6-1-2-8-13(12)16;1-2-9(13)12-6-3-4-7(10)8(11)5-6;5-4(6)3-1-2-3/h1-11H,(H,19,20)(H,21,22);3-5H,2H2,1H3,(H,12,13);3H,1-2H2,(H,5,6). The average Bonchev–Trinajstić information content (AvgIpc) is 3.82. The fraction of sp³-hybridized carbons (Fsp3) is 0.161. The monoisotopic (exact) mass is 594 g/mol. The van der Waals surface area contributed by atoms with Gasteiger partial charge in [-0.05, 0) is 54.6 Å². The molecule has 41 heavy (non-hydrogen) atoms. The molecule has 0 saturated heterocycles. The molecular weight excluding hydrogens is 567 g/mol. The maximum absolute atomic E-state index is 12.4. The van der Waals surface area contributed by atoms with E-state index in [1.54, 1.807) is 43.3 Å². The van der Waals surface area contributed by atoms with Crippen molar-refractivity contribution in [1.82, 2.24) is 0 Å². The van der Waals surface area contributed by atoms with Crippen molar-refractivity contribution >= 4 is 69.1 Å². The Labute approximate surface area is 246 Å². The average molecular weight is 595 g/mol. The molecule has 1 saturated carbocycles. The van der Waals surface area contributed by atoms with Crippen LogP contribution in [0.4, 0.5) is 11.4 Å². The van der Waals surface area contributed by atoms with Gasteiger partial charge in [0.15, 0.2) is 0 Å². The lowest BCUT2D eigenvalue weighted by Gasteiger charge is -2.10. The first-order valence-electron chi connectivity index (χ1n) is 12.7. The molecule has 0 atom stereocenters. The van der Waals surface area contributed by atoms with Gasteiger partial charge in [0.25, 0.3) is 5.91 Å². The summed E-state index contributed by atoms with van der Waals surface area (Å²) in [4.78, 5) is 44.4. The van der Waals surface area contributed by atoms with Crippen molar-refractivity contribution in [3.8, 4) is 0 Å². The van der Waals surface area contributed by atoms with Gasteiger partial charge in [-0.3, -0.25) is 14.4 Å². The number of carboxylic acids is 2. The van der Waals surface area contributed by atoms with E-state index in [0.717, 1.165) is 23.6 Å². The van der Waals surface area contributed by atoms with Crippen LogP contribution in [-0.4, -0.2) is 34.0 Å². The summed E-state index contributed by atoms with van der Waals surface area (Å²) in [5, 5.41) is 25.5. The summed E-state index contributed by atoms with van der Waals surface area (Å²) >= 11 is 11.5. The zero-order chi connectivity index (χ0) is 29.9. The SMILES string of the molecule is CCC(=O)Nc1ccc(Cl)c(Cl)c1.O=C(O)C1CC1.O=C(O)c1ccccc1C(=O)Nc1cccc2ccccc12. The molecule has 1 aliphatic rings. The minimum Gasteiger partial charge on any atom is -0.481 e. The van der Waals surface area contributed by atoms with Crippen molar-refractivity contribution in [2.45, 2.75) is 26.2 Å². The zero-order valence-corrected chi connectivity index (χ0v) is 23.6. The zero-order valence-electron chi connectivity index (χ0n) is 22.1. The molecule has 0 unspecified atom stereocenters. The van der Waals surface area contributed by atoms with Gasteiger partial charge in [-0.2, -0.15) is 0 Å². The molecule has 0 bridgehead atoms. The molecule has 0 aromatic heterocycles. The number of hydrogen-bond acceptors (Lipinski definition) is 4. The van der Waals surface area contributed by atoms with Gasteiger partial charge < -0.3 is 20.8 Å². The van der Waals surface area contributed by atoms with Crippen molar-refractivity contribution in [1.29, 1.82) is 0 Å². The van der Waals surface area contributed by atoms with E-state index in [0.29, 0.717) is 27.8 Å². The maximum atomic E-state index is 12.4. The molecule has 1 fully saturated rings. The van der Waals surface area contributed by atoms with Crippen LogP contribution < -0.4 is 10.6 Å². The predicted octanol–water partition coefficient (Wildman–Crippen LogP) is 7.61. The lowest BCUT2D eigenvalue weighted by atomic mass is 10.1. The fourth-order valence-corrected chi connectivity index (χ4v) is 3.84. The first kappa shape index (κ1) is 31.1. The topological polar surface area (TPSA) is 133 Å². The molecule has 0 spiro atoms. The summed E-state index contributed by atoms with van der Waals surface area (Å²) in [6, 6.07) is 24.4. The van der Waals surface area contributed by atoms with E-state index < -0.39 is 17.8 Å². The number of aromatic carboxylic acids is 1. The molecule has 212 valence electrons. The number of nitrogens with one attached hydrogen (secondary N) is 2. The molecule has 8 nitrogen and oxygen atoms in total. The Morgan fingerprint density at radius 2 is 1.41 bits per heavy atom. The van der Waals surface area contributed by atoms with Crippen LogP contribution in [0.2, 0.25) is 10.0 Å². The number of carbonyl (C=O) groups excluding carboxylic acids is 2. The highest BCUT2D eigenvalue weighted by molar-refractivity contribution is 6.42. The van der Waals surface area contributed by atoms with Crippen molar-refractivity contribution in [3.05, 3.63) is 106 Å². The number of rotatable bonds is 6. The minimum atomic E-state index is -1.12. The molecule has 0 aliphatic heterocycles. The van der Waals surface area contributed by atoms with Crippen molar-refractivity contribution in [3.63, 3.8) is 0 Å². The Hall–Kier alpha value is -4.40. The first-order valence-corrected chi connectivity index (χ1v) is 13.5. The molecule has 5 rings (SSSR count). The molecule has 1 aliphatic carbocycles. The number of fused-ring (bicyclic) bond motifs is 1. The largest absolute Gasteiger partial charge is 0.481 e. The molecule has 0 radical (unpaired) electrons. The summed E-state index contributed by atoms with van der Waals surface area (Å²) in [7, 11) is 0. The van der Waals surface area contributed by atoms with Gasteiger partial charge in [-0.25, -0.2) is 4.79 Å². The van der Waals surface area contributed by atoms with Gasteiger partial charge in [0.05, 0.1) is 27.1 Å². The van der Waals surface area contributed by atoms with Crippen molar-refractivity contribution in [2.75, 3.05) is 10.6 Å². The van der Waals surface area contributed by atoms with Crippen LogP contribution in [0.5, 0.6) is 0 Å². The number of benzene rings is 4. The smallest absolute Gasteiger partial charge is 0.336 e. The fourth-order valence-electron chi connectivity index (χ4n) is 3.55. The third kappa shape index (κ3) is 9.34. The summed E-state index contributed by atoms with van der Waals surface area (Å²) in [5.41, 5.74) is 1.45. The maximum Gasteiger partial charge on any atom is 0.336 e. The summed E-state index contributed by atoms with van der Waals surface area (Å²) < 4.78 is 0. The highest BCUT2D eigenvalue weighted by Gasteiger charge is 2.28. The molecule has 4 aromatic rings. The molecule has 0 heterocycles.